The molecule has 0 aromatic heterocycles. The predicted molar refractivity (Wildman–Crippen MR) is 107 cm³/mol. The van der Waals surface area contributed by atoms with Crippen molar-refractivity contribution in [3.8, 4) is 0 Å². The van der Waals surface area contributed by atoms with Gasteiger partial charge in [0.05, 0.1) is 22.4 Å². The summed E-state index contributed by atoms with van der Waals surface area (Å²) in [5.74, 6) is -3.06. The molecule has 3 heterocycles. The molecule has 2 N–H and O–H groups in total. The van der Waals surface area contributed by atoms with Crippen LogP contribution >= 0.6 is 0 Å². The lowest BCUT2D eigenvalue weighted by atomic mass is 9.76. The summed E-state index contributed by atoms with van der Waals surface area (Å²) in [6, 6.07) is 10.7. The highest BCUT2D eigenvalue weighted by atomic mass is 16.6. The van der Waals surface area contributed by atoms with Crippen molar-refractivity contribution in [3.63, 3.8) is 0 Å². The number of carbonyl (C=O) groups is 3. The number of aryl methyl sites for hydroxylation is 1. The van der Waals surface area contributed by atoms with Crippen LogP contribution in [0, 0.1) is 28.9 Å². The molecule has 3 amide bonds. The maximum absolute atomic E-state index is 13.6. The van der Waals surface area contributed by atoms with E-state index in [2.05, 4.69) is 10.6 Å². The number of rotatable bonds is 2. The number of carbonyl (C=O) groups excluding carboxylic acids is 3. The van der Waals surface area contributed by atoms with Gasteiger partial charge < -0.3 is 5.32 Å². The Labute approximate surface area is 171 Å². The van der Waals surface area contributed by atoms with Crippen LogP contribution in [0.1, 0.15) is 18.1 Å². The van der Waals surface area contributed by atoms with E-state index in [1.54, 1.807) is 38.1 Å². The third-order valence-corrected chi connectivity index (χ3v) is 6.41. The van der Waals surface area contributed by atoms with Gasteiger partial charge in [-0.3, -0.25) is 29.8 Å². The summed E-state index contributed by atoms with van der Waals surface area (Å²) in [6.07, 6.45) is 0. The Kier molecular flexibility index (Phi) is 3.66. The highest BCUT2D eigenvalue weighted by Gasteiger charge is 2.69. The average Bonchev–Trinajstić information content (AvgIpc) is 3.27. The minimum absolute atomic E-state index is 0.183. The van der Waals surface area contributed by atoms with Crippen molar-refractivity contribution in [2.75, 3.05) is 10.2 Å². The maximum Gasteiger partial charge on any atom is 0.271 e. The lowest BCUT2D eigenvalue weighted by molar-refractivity contribution is -0.384. The number of anilines is 2. The molecule has 3 aliphatic rings. The van der Waals surface area contributed by atoms with E-state index in [1.165, 1.54) is 18.2 Å². The molecule has 9 heteroatoms. The zero-order valence-electron chi connectivity index (χ0n) is 16.2. The van der Waals surface area contributed by atoms with Crippen molar-refractivity contribution < 1.29 is 19.3 Å². The fourth-order valence-corrected chi connectivity index (χ4v) is 5.11. The number of hydrogen-bond acceptors (Lipinski definition) is 6. The van der Waals surface area contributed by atoms with Crippen LogP contribution in [0.15, 0.2) is 42.5 Å². The number of non-ortho nitro benzene ring substituents is 1. The van der Waals surface area contributed by atoms with Crippen LogP contribution in [-0.4, -0.2) is 28.7 Å². The van der Waals surface area contributed by atoms with Crippen LogP contribution in [0.3, 0.4) is 0 Å². The smallest absolute Gasteiger partial charge is 0.271 e. The van der Waals surface area contributed by atoms with Crippen molar-refractivity contribution in [1.82, 2.24) is 5.32 Å². The van der Waals surface area contributed by atoms with Gasteiger partial charge in [-0.05, 0) is 25.5 Å². The van der Waals surface area contributed by atoms with Crippen LogP contribution in [0.25, 0.3) is 0 Å². The fraction of sp³-hybridized carbons (Fsp3) is 0.286. The molecular weight excluding hydrogens is 388 g/mol. The number of amides is 3. The summed E-state index contributed by atoms with van der Waals surface area (Å²) in [6.45, 7) is 3.46. The van der Waals surface area contributed by atoms with Gasteiger partial charge in [-0.1, -0.05) is 24.3 Å². The molecule has 30 heavy (non-hydrogen) atoms. The second-order valence-electron chi connectivity index (χ2n) is 7.98. The Morgan fingerprint density at radius 2 is 1.83 bits per heavy atom. The predicted octanol–water partition coefficient (Wildman–Crippen LogP) is 1.85. The van der Waals surface area contributed by atoms with E-state index in [1.807, 2.05) is 0 Å². The van der Waals surface area contributed by atoms with Gasteiger partial charge in [-0.25, -0.2) is 4.90 Å². The van der Waals surface area contributed by atoms with Crippen molar-refractivity contribution in [2.24, 2.45) is 11.8 Å². The maximum atomic E-state index is 13.6. The molecule has 4 atom stereocenters. The van der Waals surface area contributed by atoms with Gasteiger partial charge in [0, 0.05) is 29.4 Å². The van der Waals surface area contributed by atoms with Gasteiger partial charge in [0.15, 0.2) is 0 Å². The van der Waals surface area contributed by atoms with Gasteiger partial charge >= 0.3 is 0 Å². The second kappa shape index (κ2) is 5.96. The van der Waals surface area contributed by atoms with Crippen molar-refractivity contribution in [2.45, 2.75) is 25.4 Å². The molecule has 0 saturated carbocycles. The van der Waals surface area contributed by atoms with Crippen molar-refractivity contribution in [3.05, 3.63) is 63.7 Å². The molecule has 2 fully saturated rings. The Morgan fingerprint density at radius 1 is 1.10 bits per heavy atom. The largest absolute Gasteiger partial charge is 0.324 e. The third kappa shape index (κ3) is 2.12. The molecule has 152 valence electrons. The van der Waals surface area contributed by atoms with Gasteiger partial charge in [0.2, 0.25) is 17.7 Å². The summed E-state index contributed by atoms with van der Waals surface area (Å²) in [5.41, 5.74) is 0.423. The molecular formula is C21H18N4O5. The first kappa shape index (κ1) is 18.4. The molecule has 0 bridgehead atoms. The number of nitrogens with one attached hydrogen (secondary N) is 2. The number of nitrogens with zero attached hydrogens (tertiary/aromatic N) is 2. The summed E-state index contributed by atoms with van der Waals surface area (Å²) < 4.78 is 0. The molecule has 0 aliphatic carbocycles. The molecule has 2 aromatic carbocycles. The van der Waals surface area contributed by atoms with Crippen LogP contribution in [0.4, 0.5) is 17.1 Å². The third-order valence-electron chi connectivity index (χ3n) is 6.41. The van der Waals surface area contributed by atoms with Crippen LogP contribution < -0.4 is 15.5 Å². The number of benzene rings is 2. The minimum Gasteiger partial charge on any atom is -0.324 e. The standard InChI is InChI=1S/C21H18N4O5/c1-10-7-8-12(25(29)30)9-15(10)24-18(26)16-11(2)23-21(17(16)19(24)27)13-5-3-4-6-14(13)22-20(21)28/h3-9,11,16-17,23H,1-2H3,(H,22,28)/t11-,16+,17-,21+/m0/s1. The Bertz CT molecular complexity index is 1160. The molecule has 0 radical (unpaired) electrons. The zero-order chi connectivity index (χ0) is 21.4. The number of fused-ring (bicyclic) bond motifs is 4. The quantitative estimate of drug-likeness (QED) is 0.446. The molecule has 2 saturated heterocycles. The molecule has 9 nitrogen and oxygen atoms in total. The number of imide groups is 1. The van der Waals surface area contributed by atoms with E-state index in [4.69, 9.17) is 0 Å². The topological polar surface area (TPSA) is 122 Å². The number of hydrogen-bond donors (Lipinski definition) is 2. The molecule has 3 aliphatic heterocycles. The Hall–Kier alpha value is -3.59. The second-order valence-corrected chi connectivity index (χ2v) is 7.98. The molecule has 0 unspecified atom stereocenters. The molecule has 1 spiro atoms. The first-order valence-corrected chi connectivity index (χ1v) is 9.59. The van der Waals surface area contributed by atoms with Gasteiger partial charge in [0.1, 0.15) is 5.54 Å². The van der Waals surface area contributed by atoms with Crippen LogP contribution in [0.5, 0.6) is 0 Å². The van der Waals surface area contributed by atoms with Crippen molar-refractivity contribution >= 4 is 34.8 Å². The monoisotopic (exact) mass is 406 g/mol. The molecule has 5 rings (SSSR count). The van der Waals surface area contributed by atoms with E-state index in [0.29, 0.717) is 16.8 Å². The highest BCUT2D eigenvalue weighted by Crippen LogP contribution is 2.53. The number of nitro benzene ring substituents is 1. The van der Waals surface area contributed by atoms with Gasteiger partial charge in [0.25, 0.3) is 5.69 Å². The van der Waals surface area contributed by atoms with Gasteiger partial charge in [-0.2, -0.15) is 0 Å². The highest BCUT2D eigenvalue weighted by molar-refractivity contribution is 6.26. The summed E-state index contributed by atoms with van der Waals surface area (Å²) in [7, 11) is 0. The lowest BCUT2D eigenvalue weighted by Gasteiger charge is -2.29. The first-order valence-electron chi connectivity index (χ1n) is 9.59. The first-order chi connectivity index (χ1) is 14.3. The van der Waals surface area contributed by atoms with Crippen LogP contribution in [-0.2, 0) is 19.9 Å². The summed E-state index contributed by atoms with van der Waals surface area (Å²) in [5, 5.41) is 17.3. The normalized spacial score (nSPS) is 29.3. The van der Waals surface area contributed by atoms with Gasteiger partial charge in [-0.15, -0.1) is 0 Å². The lowest BCUT2D eigenvalue weighted by Crippen LogP contribution is -2.53. The summed E-state index contributed by atoms with van der Waals surface area (Å²) in [4.78, 5) is 51.8. The van der Waals surface area contributed by atoms with E-state index in [0.717, 1.165) is 4.90 Å². The number of para-hydroxylation sites is 1. The number of nitro groups is 1. The van der Waals surface area contributed by atoms with E-state index in [-0.39, 0.29) is 17.3 Å². The van der Waals surface area contributed by atoms with E-state index < -0.39 is 40.2 Å². The Balaban J connectivity index is 1.67. The van der Waals surface area contributed by atoms with Crippen LogP contribution in [0.2, 0.25) is 0 Å². The summed E-state index contributed by atoms with van der Waals surface area (Å²) >= 11 is 0. The fourth-order valence-electron chi connectivity index (χ4n) is 5.11. The minimum atomic E-state index is -1.35. The molecule has 2 aromatic rings. The zero-order valence-corrected chi connectivity index (χ0v) is 16.2. The van der Waals surface area contributed by atoms with Crippen molar-refractivity contribution in [1.29, 1.82) is 0 Å². The van der Waals surface area contributed by atoms with E-state index in [9.17, 15) is 24.5 Å². The SMILES string of the molecule is Cc1ccc([N+](=O)[O-])cc1N1C(=O)[C@@H]2[C@H](C)N[C@@]3(C(=O)Nc4ccccc43)[C@@H]2C1=O. The average molecular weight is 406 g/mol. The Morgan fingerprint density at radius 3 is 2.57 bits per heavy atom. The van der Waals surface area contributed by atoms with E-state index >= 15 is 0 Å².